The predicted octanol–water partition coefficient (Wildman–Crippen LogP) is -0.590. The summed E-state index contributed by atoms with van der Waals surface area (Å²) in [6.07, 6.45) is 3.36. The zero-order chi connectivity index (χ0) is 16.8. The highest BCUT2D eigenvalue weighted by Crippen LogP contribution is 2.19. The molecule has 128 valence electrons. The summed E-state index contributed by atoms with van der Waals surface area (Å²) >= 11 is 0. The number of anilines is 1. The summed E-state index contributed by atoms with van der Waals surface area (Å²) in [7, 11) is 0. The molecule has 0 unspecified atom stereocenters. The number of amides is 1. The van der Waals surface area contributed by atoms with Crippen molar-refractivity contribution in [3.63, 3.8) is 0 Å². The summed E-state index contributed by atoms with van der Waals surface area (Å²) < 4.78 is 6.62. The summed E-state index contributed by atoms with van der Waals surface area (Å²) in [6.45, 7) is 6.11. The number of aromatic nitrogens is 1. The van der Waals surface area contributed by atoms with Gasteiger partial charge in [-0.15, -0.1) is 0 Å². The highest BCUT2D eigenvalue weighted by atomic mass is 79.9. The number of halogens is 1. The molecule has 0 atom stereocenters. The van der Waals surface area contributed by atoms with Gasteiger partial charge in [-0.05, 0) is 38.0 Å². The molecule has 0 bridgehead atoms. The lowest BCUT2D eigenvalue weighted by Crippen LogP contribution is -3.00. The molecule has 1 aromatic heterocycles. The molecule has 0 fully saturated rings. The van der Waals surface area contributed by atoms with Gasteiger partial charge in [0.05, 0.1) is 6.61 Å². The van der Waals surface area contributed by atoms with Crippen molar-refractivity contribution in [2.75, 3.05) is 11.9 Å². The number of carbonyl (C=O) groups is 2. The van der Waals surface area contributed by atoms with Crippen LogP contribution in [0.15, 0.2) is 42.7 Å². The van der Waals surface area contributed by atoms with Gasteiger partial charge in [-0.3, -0.25) is 4.79 Å². The van der Waals surface area contributed by atoms with Gasteiger partial charge in [-0.1, -0.05) is 18.2 Å². The lowest BCUT2D eigenvalue weighted by molar-refractivity contribution is -0.684. The van der Waals surface area contributed by atoms with E-state index in [0.29, 0.717) is 12.2 Å². The van der Waals surface area contributed by atoms with E-state index in [0.717, 1.165) is 16.8 Å². The van der Waals surface area contributed by atoms with E-state index in [1.54, 1.807) is 36.0 Å². The van der Waals surface area contributed by atoms with E-state index in [2.05, 4.69) is 5.32 Å². The lowest BCUT2D eigenvalue weighted by Gasteiger charge is -2.10. The number of carbonyl (C=O) groups excluding carboxylic acids is 2. The third-order valence-electron chi connectivity index (χ3n) is 3.44. The van der Waals surface area contributed by atoms with Crippen molar-refractivity contribution in [1.82, 2.24) is 0 Å². The predicted molar refractivity (Wildman–Crippen MR) is 87.1 cm³/mol. The minimum absolute atomic E-state index is 0. The van der Waals surface area contributed by atoms with E-state index in [1.807, 2.05) is 32.0 Å². The van der Waals surface area contributed by atoms with Crippen LogP contribution in [0.25, 0.3) is 0 Å². The Labute approximate surface area is 152 Å². The van der Waals surface area contributed by atoms with E-state index < -0.39 is 5.97 Å². The SMILES string of the molecule is CCOC(=O)c1ccc[n+](CC(=O)Nc2c(C)cccc2C)c1.[Br-]. The van der Waals surface area contributed by atoms with Crippen LogP contribution in [-0.4, -0.2) is 18.5 Å². The van der Waals surface area contributed by atoms with Crippen molar-refractivity contribution in [2.45, 2.75) is 27.3 Å². The first-order chi connectivity index (χ1) is 11.0. The molecule has 0 saturated carbocycles. The summed E-state index contributed by atoms with van der Waals surface area (Å²) in [5, 5.41) is 2.92. The molecule has 2 aromatic rings. The molecular formula is C18H21BrN2O3. The van der Waals surface area contributed by atoms with E-state index in [9.17, 15) is 9.59 Å². The molecule has 6 heteroatoms. The normalized spacial score (nSPS) is 9.79. The number of rotatable bonds is 5. The molecule has 1 aromatic carbocycles. The highest BCUT2D eigenvalue weighted by molar-refractivity contribution is 5.91. The molecule has 24 heavy (non-hydrogen) atoms. The van der Waals surface area contributed by atoms with E-state index >= 15 is 0 Å². The van der Waals surface area contributed by atoms with E-state index in [-0.39, 0.29) is 29.4 Å². The minimum Gasteiger partial charge on any atom is -1.00 e. The topological polar surface area (TPSA) is 59.3 Å². The number of benzene rings is 1. The van der Waals surface area contributed by atoms with Gasteiger partial charge in [-0.2, -0.15) is 4.57 Å². The van der Waals surface area contributed by atoms with Crippen LogP contribution in [0, 0.1) is 13.8 Å². The summed E-state index contributed by atoms with van der Waals surface area (Å²) in [5.41, 5.74) is 3.29. The van der Waals surface area contributed by atoms with Crippen molar-refractivity contribution in [1.29, 1.82) is 0 Å². The number of hydrogen-bond donors (Lipinski definition) is 1. The minimum atomic E-state index is -0.392. The largest absolute Gasteiger partial charge is 1.00 e. The number of aryl methyl sites for hydroxylation is 2. The molecule has 1 amide bonds. The molecule has 2 rings (SSSR count). The molecule has 0 aliphatic heterocycles. The van der Waals surface area contributed by atoms with Crippen molar-refractivity contribution < 1.29 is 35.9 Å². The zero-order valence-electron chi connectivity index (χ0n) is 14.0. The Morgan fingerprint density at radius 1 is 1.12 bits per heavy atom. The van der Waals surface area contributed by atoms with Gasteiger partial charge in [0.2, 0.25) is 6.54 Å². The van der Waals surface area contributed by atoms with Gasteiger partial charge < -0.3 is 27.0 Å². The second kappa shape index (κ2) is 9.17. The quantitative estimate of drug-likeness (QED) is 0.546. The number of ether oxygens (including phenoxy) is 1. The Morgan fingerprint density at radius 3 is 2.42 bits per heavy atom. The number of nitrogens with zero attached hydrogens (tertiary/aromatic N) is 1. The second-order valence-corrected chi connectivity index (χ2v) is 5.30. The van der Waals surface area contributed by atoms with Crippen LogP contribution >= 0.6 is 0 Å². The Hall–Kier alpha value is -2.21. The van der Waals surface area contributed by atoms with Crippen LogP contribution < -0.4 is 26.9 Å². The maximum absolute atomic E-state index is 12.2. The highest BCUT2D eigenvalue weighted by Gasteiger charge is 2.15. The molecule has 0 spiro atoms. The van der Waals surface area contributed by atoms with Crippen LogP contribution in [0.3, 0.4) is 0 Å². The number of pyridine rings is 1. The molecule has 5 nitrogen and oxygen atoms in total. The van der Waals surface area contributed by atoms with Gasteiger partial charge in [0.1, 0.15) is 5.56 Å². The number of nitrogens with one attached hydrogen (secondary N) is 1. The van der Waals surface area contributed by atoms with Crippen LogP contribution in [-0.2, 0) is 16.1 Å². The average molecular weight is 393 g/mol. The lowest BCUT2D eigenvalue weighted by atomic mass is 10.1. The molecule has 0 saturated heterocycles. The smallest absolute Gasteiger partial charge is 0.344 e. The second-order valence-electron chi connectivity index (χ2n) is 5.30. The van der Waals surface area contributed by atoms with Crippen LogP contribution in [0.1, 0.15) is 28.4 Å². The zero-order valence-corrected chi connectivity index (χ0v) is 15.6. The number of esters is 1. The van der Waals surface area contributed by atoms with Crippen molar-refractivity contribution >= 4 is 17.6 Å². The number of hydrogen-bond acceptors (Lipinski definition) is 3. The molecule has 0 radical (unpaired) electrons. The summed E-state index contributed by atoms with van der Waals surface area (Å²) in [6, 6.07) is 9.25. The molecule has 1 heterocycles. The molecule has 0 aliphatic carbocycles. The third kappa shape index (κ3) is 5.16. The van der Waals surface area contributed by atoms with Gasteiger partial charge in [-0.25, -0.2) is 4.79 Å². The Morgan fingerprint density at radius 2 is 1.79 bits per heavy atom. The van der Waals surface area contributed by atoms with Gasteiger partial charge >= 0.3 is 5.97 Å². The average Bonchev–Trinajstić information content (AvgIpc) is 2.51. The maximum Gasteiger partial charge on any atom is 0.344 e. The Bertz CT molecular complexity index is 712. The molecular weight excluding hydrogens is 372 g/mol. The first-order valence-electron chi connectivity index (χ1n) is 7.53. The first kappa shape index (κ1) is 19.8. The fraction of sp³-hybridized carbons (Fsp3) is 0.278. The van der Waals surface area contributed by atoms with Gasteiger partial charge in [0.15, 0.2) is 12.4 Å². The monoisotopic (exact) mass is 392 g/mol. The third-order valence-corrected chi connectivity index (χ3v) is 3.44. The Kier molecular flexibility index (Phi) is 7.58. The van der Waals surface area contributed by atoms with Gasteiger partial charge in [0.25, 0.3) is 5.91 Å². The van der Waals surface area contributed by atoms with Crippen molar-refractivity contribution in [3.05, 3.63) is 59.4 Å². The first-order valence-corrected chi connectivity index (χ1v) is 7.53. The summed E-state index contributed by atoms with van der Waals surface area (Å²) in [5.74, 6) is -0.537. The molecule has 1 N–H and O–H groups in total. The van der Waals surface area contributed by atoms with Gasteiger partial charge in [0, 0.05) is 11.8 Å². The summed E-state index contributed by atoms with van der Waals surface area (Å²) in [4.78, 5) is 24.0. The fourth-order valence-electron chi connectivity index (χ4n) is 2.31. The van der Waals surface area contributed by atoms with E-state index in [1.165, 1.54) is 0 Å². The molecule has 0 aliphatic rings. The standard InChI is InChI=1S/C18H20N2O3.BrH/c1-4-23-18(22)15-9-6-10-20(11-15)12-16(21)19-17-13(2)7-5-8-14(17)3;/h5-11H,4,12H2,1-3H3;1H. The van der Waals surface area contributed by atoms with Crippen LogP contribution in [0.5, 0.6) is 0 Å². The Balaban J connectivity index is 0.00000288. The van der Waals surface area contributed by atoms with Crippen LogP contribution in [0.2, 0.25) is 0 Å². The fourth-order valence-corrected chi connectivity index (χ4v) is 2.31. The number of para-hydroxylation sites is 1. The van der Waals surface area contributed by atoms with Crippen LogP contribution in [0.4, 0.5) is 5.69 Å². The maximum atomic E-state index is 12.2. The van der Waals surface area contributed by atoms with E-state index in [4.69, 9.17) is 4.74 Å². The van der Waals surface area contributed by atoms with Crippen molar-refractivity contribution in [2.24, 2.45) is 0 Å². The van der Waals surface area contributed by atoms with Crippen molar-refractivity contribution in [3.8, 4) is 0 Å².